The Kier molecular flexibility index (Phi) is 6.13. The van der Waals surface area contributed by atoms with Crippen molar-refractivity contribution >= 4 is 34.2 Å². The summed E-state index contributed by atoms with van der Waals surface area (Å²) in [7, 11) is 0. The summed E-state index contributed by atoms with van der Waals surface area (Å²) in [4.78, 5) is 39.7. The molecule has 3 rings (SSSR count). The maximum absolute atomic E-state index is 12.1. The molecule has 0 aliphatic heterocycles. The minimum atomic E-state index is -0.513. The zero-order valence-electron chi connectivity index (χ0n) is 14.8. The third-order valence-electron chi connectivity index (χ3n) is 3.85. The number of carbonyl (C=O) groups is 3. The third kappa shape index (κ3) is 5.24. The van der Waals surface area contributed by atoms with Crippen molar-refractivity contribution in [3.8, 4) is 0 Å². The Balaban J connectivity index is 1.52. The molecule has 4 N–H and O–H groups in total. The van der Waals surface area contributed by atoms with Crippen molar-refractivity contribution in [2.75, 3.05) is 5.32 Å². The van der Waals surface area contributed by atoms with E-state index in [0.717, 1.165) is 5.56 Å². The lowest BCUT2D eigenvalue weighted by atomic mass is 10.1. The first-order valence-electron chi connectivity index (χ1n) is 8.47. The Labute approximate surface area is 165 Å². The molecule has 3 amide bonds. The van der Waals surface area contributed by atoms with Crippen molar-refractivity contribution in [2.45, 2.75) is 13.0 Å². The summed E-state index contributed by atoms with van der Waals surface area (Å²) in [6.07, 6.45) is 0.0905. The fraction of sp³-hybridized carbons (Fsp3) is 0.100. The van der Waals surface area contributed by atoms with Gasteiger partial charge in [-0.2, -0.15) is 0 Å². The van der Waals surface area contributed by atoms with Crippen molar-refractivity contribution in [1.29, 1.82) is 0 Å². The van der Waals surface area contributed by atoms with Gasteiger partial charge in [0.05, 0.1) is 12.1 Å². The second-order valence-corrected chi connectivity index (χ2v) is 6.84. The molecule has 0 bridgehead atoms. The van der Waals surface area contributed by atoms with E-state index in [9.17, 15) is 14.4 Å². The normalized spacial score (nSPS) is 10.3. The topological polar surface area (TPSA) is 114 Å². The largest absolute Gasteiger partial charge is 0.366 e. The van der Waals surface area contributed by atoms with Crippen LogP contribution >= 0.6 is 11.3 Å². The summed E-state index contributed by atoms with van der Waals surface area (Å²) >= 11 is 1.26. The molecule has 8 heteroatoms. The number of nitrogens with zero attached hydrogens (tertiary/aromatic N) is 1. The first-order chi connectivity index (χ1) is 13.5. The molecule has 3 aromatic rings. The molecule has 7 nitrogen and oxygen atoms in total. The van der Waals surface area contributed by atoms with Gasteiger partial charge in [-0.3, -0.25) is 19.7 Å². The molecule has 1 heterocycles. The van der Waals surface area contributed by atoms with Crippen LogP contribution in [0.15, 0.2) is 60.0 Å². The summed E-state index contributed by atoms with van der Waals surface area (Å²) in [5.41, 5.74) is 7.53. The minimum absolute atomic E-state index is 0.0905. The van der Waals surface area contributed by atoms with Gasteiger partial charge >= 0.3 is 0 Å². The summed E-state index contributed by atoms with van der Waals surface area (Å²) in [6, 6.07) is 15.6. The van der Waals surface area contributed by atoms with Gasteiger partial charge in [-0.15, -0.1) is 11.3 Å². The van der Waals surface area contributed by atoms with Crippen molar-refractivity contribution in [3.63, 3.8) is 0 Å². The number of amides is 3. The molecule has 0 radical (unpaired) electrons. The highest BCUT2D eigenvalue weighted by molar-refractivity contribution is 7.14. The number of anilines is 1. The van der Waals surface area contributed by atoms with Gasteiger partial charge in [0, 0.05) is 23.1 Å². The van der Waals surface area contributed by atoms with Crippen LogP contribution in [0.4, 0.5) is 5.13 Å². The maximum atomic E-state index is 12.1. The zero-order valence-corrected chi connectivity index (χ0v) is 15.7. The molecule has 0 fully saturated rings. The first kappa shape index (κ1) is 19.2. The fourth-order valence-corrected chi connectivity index (χ4v) is 3.17. The van der Waals surface area contributed by atoms with Crippen LogP contribution in [-0.4, -0.2) is 22.7 Å². The summed E-state index contributed by atoms with van der Waals surface area (Å²) in [6.45, 7) is 0.279. The molecule has 0 spiro atoms. The lowest BCUT2D eigenvalue weighted by Crippen LogP contribution is -2.25. The zero-order chi connectivity index (χ0) is 19.9. The number of nitrogens with one attached hydrogen (secondary N) is 2. The summed E-state index contributed by atoms with van der Waals surface area (Å²) < 4.78 is 0. The van der Waals surface area contributed by atoms with Gasteiger partial charge in [0.15, 0.2) is 5.13 Å². The van der Waals surface area contributed by atoms with Gasteiger partial charge < -0.3 is 11.1 Å². The molecule has 0 aliphatic carbocycles. The van der Waals surface area contributed by atoms with Crippen LogP contribution in [0.3, 0.4) is 0 Å². The number of hydrogen-bond donors (Lipinski definition) is 3. The molecule has 28 heavy (non-hydrogen) atoms. The summed E-state index contributed by atoms with van der Waals surface area (Å²) in [5, 5.41) is 7.66. The molecule has 0 aliphatic rings. The van der Waals surface area contributed by atoms with Gasteiger partial charge in [-0.05, 0) is 29.8 Å². The quantitative estimate of drug-likeness (QED) is 0.571. The predicted octanol–water partition coefficient (Wildman–Crippen LogP) is 2.35. The number of primary amides is 1. The van der Waals surface area contributed by atoms with E-state index in [1.165, 1.54) is 11.3 Å². The maximum Gasteiger partial charge on any atom is 0.257 e. The van der Waals surface area contributed by atoms with E-state index >= 15 is 0 Å². The SMILES string of the molecule is NC(=O)c1cccc(CNC(=O)Cc2csc(NC(=O)c3ccccc3)n2)c1. The van der Waals surface area contributed by atoms with E-state index in [4.69, 9.17) is 5.73 Å². The number of thiazole rings is 1. The van der Waals surface area contributed by atoms with Crippen LogP contribution in [0.25, 0.3) is 0 Å². The van der Waals surface area contributed by atoms with Crippen LogP contribution in [0.1, 0.15) is 32.0 Å². The highest BCUT2D eigenvalue weighted by atomic mass is 32.1. The number of aromatic nitrogens is 1. The molecule has 0 saturated heterocycles. The Bertz CT molecular complexity index is 1000. The molecule has 0 saturated carbocycles. The van der Waals surface area contributed by atoms with E-state index in [1.807, 2.05) is 6.07 Å². The first-order valence-corrected chi connectivity index (χ1v) is 9.35. The molecule has 2 aromatic carbocycles. The predicted molar refractivity (Wildman–Crippen MR) is 107 cm³/mol. The smallest absolute Gasteiger partial charge is 0.257 e. The van der Waals surface area contributed by atoms with E-state index in [2.05, 4.69) is 15.6 Å². The van der Waals surface area contributed by atoms with Gasteiger partial charge in [-0.1, -0.05) is 30.3 Å². The minimum Gasteiger partial charge on any atom is -0.366 e. The molecule has 142 valence electrons. The van der Waals surface area contributed by atoms with Crippen molar-refractivity contribution in [2.24, 2.45) is 5.73 Å². The standard InChI is InChI=1S/C20H18N4O3S/c21-18(26)15-8-4-5-13(9-15)11-22-17(25)10-16-12-28-20(23-16)24-19(27)14-6-2-1-3-7-14/h1-9,12H,10-11H2,(H2,21,26)(H,22,25)(H,23,24,27). The second kappa shape index (κ2) is 8.92. The second-order valence-electron chi connectivity index (χ2n) is 5.98. The molecular weight excluding hydrogens is 376 g/mol. The van der Waals surface area contributed by atoms with Crippen LogP contribution in [0.2, 0.25) is 0 Å². The Morgan fingerprint density at radius 2 is 1.75 bits per heavy atom. The van der Waals surface area contributed by atoms with Crippen LogP contribution in [0.5, 0.6) is 0 Å². The number of nitrogens with two attached hydrogens (primary N) is 1. The van der Waals surface area contributed by atoms with Gasteiger partial charge in [0.25, 0.3) is 5.91 Å². The fourth-order valence-electron chi connectivity index (χ4n) is 2.47. The highest BCUT2D eigenvalue weighted by Crippen LogP contribution is 2.17. The Hall–Kier alpha value is -3.52. The van der Waals surface area contributed by atoms with E-state index in [1.54, 1.807) is 53.9 Å². The average Bonchev–Trinajstić information content (AvgIpc) is 3.14. The molecule has 0 unspecified atom stereocenters. The third-order valence-corrected chi connectivity index (χ3v) is 4.66. The van der Waals surface area contributed by atoms with E-state index in [0.29, 0.717) is 22.0 Å². The van der Waals surface area contributed by atoms with Crippen LogP contribution < -0.4 is 16.4 Å². The molecular formula is C20H18N4O3S. The van der Waals surface area contributed by atoms with E-state index in [-0.39, 0.29) is 24.8 Å². The van der Waals surface area contributed by atoms with Gasteiger partial charge in [0.2, 0.25) is 11.8 Å². The van der Waals surface area contributed by atoms with Crippen LogP contribution in [-0.2, 0) is 17.8 Å². The number of hydrogen-bond acceptors (Lipinski definition) is 5. The lowest BCUT2D eigenvalue weighted by Gasteiger charge is -2.05. The van der Waals surface area contributed by atoms with Crippen molar-refractivity contribution in [3.05, 3.63) is 82.4 Å². The van der Waals surface area contributed by atoms with Crippen molar-refractivity contribution in [1.82, 2.24) is 10.3 Å². The number of carbonyl (C=O) groups excluding carboxylic acids is 3. The van der Waals surface area contributed by atoms with Gasteiger partial charge in [0.1, 0.15) is 0 Å². The average molecular weight is 394 g/mol. The Morgan fingerprint density at radius 3 is 2.50 bits per heavy atom. The lowest BCUT2D eigenvalue weighted by molar-refractivity contribution is -0.120. The van der Waals surface area contributed by atoms with E-state index < -0.39 is 5.91 Å². The summed E-state index contributed by atoms with van der Waals surface area (Å²) in [5.74, 6) is -0.975. The molecule has 0 atom stereocenters. The number of benzene rings is 2. The molecule has 1 aromatic heterocycles. The highest BCUT2D eigenvalue weighted by Gasteiger charge is 2.11. The van der Waals surface area contributed by atoms with Crippen LogP contribution in [0, 0.1) is 0 Å². The number of rotatable bonds is 7. The van der Waals surface area contributed by atoms with Gasteiger partial charge in [-0.25, -0.2) is 4.98 Å². The monoisotopic (exact) mass is 394 g/mol. The van der Waals surface area contributed by atoms with Crippen molar-refractivity contribution < 1.29 is 14.4 Å². The Morgan fingerprint density at radius 1 is 1.00 bits per heavy atom.